The van der Waals surface area contributed by atoms with Crippen LogP contribution in [0.25, 0.3) is 22.7 Å². The molecule has 4 atom stereocenters. The van der Waals surface area contributed by atoms with Crippen LogP contribution in [0.4, 0.5) is 0 Å². The van der Waals surface area contributed by atoms with Crippen LogP contribution in [0.3, 0.4) is 0 Å². The highest BCUT2D eigenvalue weighted by atomic mass is 35.5. The van der Waals surface area contributed by atoms with Crippen LogP contribution in [0.1, 0.15) is 6.23 Å². The lowest BCUT2D eigenvalue weighted by Crippen LogP contribution is -2.33. The van der Waals surface area contributed by atoms with Gasteiger partial charge in [0, 0.05) is 13.2 Å². The SMILES string of the molecule is Cn1cccc1-c1nc(Cl)c2ncn([C@@H]3O[C@H](CO)[C@@H](O)[C@H]3O)c2n1. The lowest BCUT2D eigenvalue weighted by molar-refractivity contribution is -0.0511. The zero-order valence-corrected chi connectivity index (χ0v) is 13.9. The largest absolute Gasteiger partial charge is 0.394 e. The molecule has 0 aromatic carbocycles. The molecule has 9 nitrogen and oxygen atoms in total. The summed E-state index contributed by atoms with van der Waals surface area (Å²) in [6.07, 6.45) is -0.995. The van der Waals surface area contributed by atoms with Crippen molar-refractivity contribution in [2.75, 3.05) is 6.61 Å². The maximum absolute atomic E-state index is 10.2. The van der Waals surface area contributed by atoms with Gasteiger partial charge in [-0.1, -0.05) is 11.6 Å². The molecular formula is C15H16ClN5O4. The number of aromatic nitrogens is 5. The molecule has 1 aliphatic rings. The Hall–Kier alpha value is -2.04. The molecule has 0 spiro atoms. The maximum atomic E-state index is 10.2. The Balaban J connectivity index is 1.84. The van der Waals surface area contributed by atoms with Crippen molar-refractivity contribution in [3.05, 3.63) is 29.8 Å². The van der Waals surface area contributed by atoms with Gasteiger partial charge in [-0.2, -0.15) is 0 Å². The summed E-state index contributed by atoms with van der Waals surface area (Å²) in [5, 5.41) is 29.6. The quantitative estimate of drug-likeness (QED) is 0.563. The maximum Gasteiger partial charge on any atom is 0.179 e. The van der Waals surface area contributed by atoms with Crippen molar-refractivity contribution in [1.82, 2.24) is 24.1 Å². The molecule has 1 saturated heterocycles. The molecule has 0 amide bonds. The van der Waals surface area contributed by atoms with E-state index in [1.165, 1.54) is 10.9 Å². The number of hydrogen-bond acceptors (Lipinski definition) is 7. The summed E-state index contributed by atoms with van der Waals surface area (Å²) in [6.45, 7) is -0.411. The Morgan fingerprint density at radius 1 is 1.28 bits per heavy atom. The monoisotopic (exact) mass is 365 g/mol. The first-order chi connectivity index (χ1) is 12.0. The van der Waals surface area contributed by atoms with Gasteiger partial charge in [-0.25, -0.2) is 15.0 Å². The molecule has 25 heavy (non-hydrogen) atoms. The number of nitrogens with zero attached hydrogens (tertiary/aromatic N) is 5. The van der Waals surface area contributed by atoms with Crippen LogP contribution in [-0.2, 0) is 11.8 Å². The van der Waals surface area contributed by atoms with Crippen molar-refractivity contribution < 1.29 is 20.1 Å². The summed E-state index contributed by atoms with van der Waals surface area (Å²) in [5.74, 6) is 0.401. The first-order valence-electron chi connectivity index (χ1n) is 7.65. The smallest absolute Gasteiger partial charge is 0.179 e. The van der Waals surface area contributed by atoms with Gasteiger partial charge in [-0.05, 0) is 12.1 Å². The van der Waals surface area contributed by atoms with Crippen molar-refractivity contribution in [1.29, 1.82) is 0 Å². The molecule has 10 heteroatoms. The first-order valence-corrected chi connectivity index (χ1v) is 8.03. The highest BCUT2D eigenvalue weighted by molar-refractivity contribution is 6.33. The van der Waals surface area contributed by atoms with E-state index in [9.17, 15) is 15.3 Å². The fourth-order valence-corrected chi connectivity index (χ4v) is 3.20. The van der Waals surface area contributed by atoms with Crippen LogP contribution in [0, 0.1) is 0 Å². The van der Waals surface area contributed by atoms with E-state index in [-0.39, 0.29) is 5.15 Å². The van der Waals surface area contributed by atoms with Gasteiger partial charge in [0.05, 0.1) is 18.6 Å². The van der Waals surface area contributed by atoms with Gasteiger partial charge in [-0.15, -0.1) is 0 Å². The number of fused-ring (bicyclic) bond motifs is 1. The summed E-state index contributed by atoms with van der Waals surface area (Å²) in [6, 6.07) is 3.71. The molecule has 4 rings (SSSR count). The van der Waals surface area contributed by atoms with E-state index in [4.69, 9.17) is 16.3 Å². The molecule has 0 unspecified atom stereocenters. The van der Waals surface area contributed by atoms with Crippen LogP contribution in [0.2, 0.25) is 5.15 Å². The molecule has 0 aliphatic carbocycles. The molecule has 1 fully saturated rings. The molecule has 3 N–H and O–H groups in total. The average molecular weight is 366 g/mol. The lowest BCUT2D eigenvalue weighted by atomic mass is 10.1. The summed E-state index contributed by atoms with van der Waals surface area (Å²) >= 11 is 6.24. The van der Waals surface area contributed by atoms with Crippen molar-refractivity contribution in [3.63, 3.8) is 0 Å². The number of ether oxygens (including phenoxy) is 1. The van der Waals surface area contributed by atoms with E-state index in [2.05, 4.69) is 15.0 Å². The van der Waals surface area contributed by atoms with Crippen LogP contribution < -0.4 is 0 Å². The van der Waals surface area contributed by atoms with E-state index in [0.717, 1.165) is 5.69 Å². The number of hydrogen-bond donors (Lipinski definition) is 3. The second kappa shape index (κ2) is 6.04. The minimum atomic E-state index is -1.23. The molecular weight excluding hydrogens is 350 g/mol. The van der Waals surface area contributed by atoms with Gasteiger partial charge in [0.15, 0.2) is 22.9 Å². The Kier molecular flexibility index (Phi) is 3.97. The van der Waals surface area contributed by atoms with E-state index in [1.807, 2.05) is 29.9 Å². The number of imidazole rings is 1. The predicted octanol–water partition coefficient (Wildman–Crippen LogP) is 0.0967. The zero-order valence-electron chi connectivity index (χ0n) is 13.2. The molecule has 1 aliphatic heterocycles. The first kappa shape index (κ1) is 16.4. The van der Waals surface area contributed by atoms with E-state index in [0.29, 0.717) is 17.0 Å². The fourth-order valence-electron chi connectivity index (χ4n) is 2.99. The lowest BCUT2D eigenvalue weighted by Gasteiger charge is -2.16. The van der Waals surface area contributed by atoms with E-state index < -0.39 is 31.1 Å². The summed E-state index contributed by atoms with van der Waals surface area (Å²) in [7, 11) is 1.86. The third kappa shape index (κ3) is 2.52. The normalized spacial score (nSPS) is 26.6. The Labute approximate surface area is 147 Å². The van der Waals surface area contributed by atoms with Crippen molar-refractivity contribution >= 4 is 22.8 Å². The highest BCUT2D eigenvalue weighted by Crippen LogP contribution is 2.33. The van der Waals surface area contributed by atoms with Gasteiger partial charge in [0.2, 0.25) is 0 Å². The highest BCUT2D eigenvalue weighted by Gasteiger charge is 2.44. The molecule has 3 aromatic rings. The number of aliphatic hydroxyl groups is 3. The van der Waals surface area contributed by atoms with Gasteiger partial charge in [-0.3, -0.25) is 4.57 Å². The van der Waals surface area contributed by atoms with Gasteiger partial charge in [0.25, 0.3) is 0 Å². The molecule has 4 heterocycles. The third-order valence-electron chi connectivity index (χ3n) is 4.34. The average Bonchev–Trinajstić information content (AvgIpc) is 3.27. The number of halogens is 1. The fraction of sp³-hybridized carbons (Fsp3) is 0.400. The van der Waals surface area contributed by atoms with Gasteiger partial charge >= 0.3 is 0 Å². The minimum absolute atomic E-state index is 0.173. The van der Waals surface area contributed by atoms with Crippen LogP contribution >= 0.6 is 11.6 Å². The Morgan fingerprint density at radius 2 is 2.08 bits per heavy atom. The van der Waals surface area contributed by atoms with E-state index >= 15 is 0 Å². The standard InChI is InChI=1S/C15H16ClN5O4/c1-20-4-2-3-7(20)13-18-12(16)9-14(19-13)21(6-17-9)15-11(24)10(23)8(5-22)25-15/h2-4,6,8,10-11,15,22-24H,5H2,1H3/t8-,10-,11-,15-/m1/s1. The summed E-state index contributed by atoms with van der Waals surface area (Å²) in [4.78, 5) is 13.0. The number of aryl methyl sites for hydroxylation is 1. The molecule has 0 bridgehead atoms. The third-order valence-corrected chi connectivity index (χ3v) is 4.61. The molecule has 3 aromatic heterocycles. The second-order valence-electron chi connectivity index (χ2n) is 5.90. The topological polar surface area (TPSA) is 118 Å². The molecule has 0 saturated carbocycles. The van der Waals surface area contributed by atoms with Crippen LogP contribution in [0.5, 0.6) is 0 Å². The van der Waals surface area contributed by atoms with E-state index in [1.54, 1.807) is 0 Å². The van der Waals surface area contributed by atoms with Gasteiger partial charge < -0.3 is 24.6 Å². The van der Waals surface area contributed by atoms with Crippen molar-refractivity contribution in [2.45, 2.75) is 24.5 Å². The van der Waals surface area contributed by atoms with Crippen molar-refractivity contribution in [3.8, 4) is 11.5 Å². The summed E-state index contributed by atoms with van der Waals surface area (Å²) < 4.78 is 8.88. The van der Waals surface area contributed by atoms with Crippen molar-refractivity contribution in [2.24, 2.45) is 7.05 Å². The second-order valence-corrected chi connectivity index (χ2v) is 6.25. The molecule has 132 valence electrons. The Bertz CT molecular complexity index is 926. The Morgan fingerprint density at radius 3 is 2.72 bits per heavy atom. The number of aliphatic hydroxyl groups excluding tert-OH is 3. The van der Waals surface area contributed by atoms with Crippen LogP contribution in [-0.4, -0.2) is 64.3 Å². The van der Waals surface area contributed by atoms with Crippen LogP contribution in [0.15, 0.2) is 24.7 Å². The minimum Gasteiger partial charge on any atom is -0.394 e. The predicted molar refractivity (Wildman–Crippen MR) is 87.7 cm³/mol. The summed E-state index contributed by atoms with van der Waals surface area (Å²) in [5.41, 5.74) is 1.49. The number of rotatable bonds is 3. The zero-order chi connectivity index (χ0) is 17.7. The van der Waals surface area contributed by atoms with Gasteiger partial charge in [0.1, 0.15) is 23.8 Å². The molecule has 0 radical (unpaired) electrons.